The molecular formula is C12H19NO2. The van der Waals surface area contributed by atoms with Gasteiger partial charge in [-0.1, -0.05) is 17.7 Å². The number of aliphatic hydroxyl groups is 1. The Morgan fingerprint density at radius 2 is 2.07 bits per heavy atom. The number of hydrogen-bond acceptors (Lipinski definition) is 3. The summed E-state index contributed by atoms with van der Waals surface area (Å²) < 4.78 is 0. The summed E-state index contributed by atoms with van der Waals surface area (Å²) in [5, 5.41) is 19.1. The zero-order chi connectivity index (χ0) is 11.4. The van der Waals surface area contributed by atoms with Crippen LogP contribution in [0.1, 0.15) is 24.5 Å². The zero-order valence-electron chi connectivity index (χ0n) is 9.27. The van der Waals surface area contributed by atoms with Crippen molar-refractivity contribution in [1.82, 2.24) is 0 Å². The summed E-state index contributed by atoms with van der Waals surface area (Å²) in [6.45, 7) is 3.76. The average Bonchev–Trinajstić information content (AvgIpc) is 2.18. The maximum atomic E-state index is 9.57. The molecule has 0 spiro atoms. The lowest BCUT2D eigenvalue weighted by Crippen LogP contribution is -2.31. The van der Waals surface area contributed by atoms with Crippen molar-refractivity contribution in [1.29, 1.82) is 0 Å². The smallest absolute Gasteiger partial charge is 0.118 e. The largest absolute Gasteiger partial charge is 0.508 e. The molecular weight excluding hydrogens is 190 g/mol. The minimum atomic E-state index is -0.509. The van der Waals surface area contributed by atoms with Crippen LogP contribution in [0.2, 0.25) is 0 Å². The highest BCUT2D eigenvalue weighted by Gasteiger charge is 2.10. The summed E-state index contributed by atoms with van der Waals surface area (Å²) in [6.07, 6.45) is 0.718. The molecule has 1 aromatic rings. The first-order valence-corrected chi connectivity index (χ1v) is 5.23. The van der Waals surface area contributed by atoms with E-state index in [-0.39, 0.29) is 11.8 Å². The van der Waals surface area contributed by atoms with Gasteiger partial charge in [-0.05, 0) is 38.3 Å². The molecule has 1 rings (SSSR count). The van der Waals surface area contributed by atoms with Crippen LogP contribution >= 0.6 is 0 Å². The Balaban J connectivity index is 2.61. The lowest BCUT2D eigenvalue weighted by molar-refractivity contribution is 0.141. The van der Waals surface area contributed by atoms with Crippen LogP contribution in [0.4, 0.5) is 0 Å². The van der Waals surface area contributed by atoms with Gasteiger partial charge in [-0.3, -0.25) is 0 Å². The number of hydrogen-bond donors (Lipinski definition) is 3. The minimum absolute atomic E-state index is 0.225. The predicted molar refractivity (Wildman–Crippen MR) is 60.8 cm³/mol. The quantitative estimate of drug-likeness (QED) is 0.701. The monoisotopic (exact) mass is 209 g/mol. The number of phenolic OH excluding ortho intramolecular Hbond substituents is 1. The summed E-state index contributed by atoms with van der Waals surface area (Å²) >= 11 is 0. The third-order valence-electron chi connectivity index (χ3n) is 2.55. The SMILES string of the molecule is Cc1ccc(O)c(CCC(O)C(C)N)c1. The topological polar surface area (TPSA) is 66.5 Å². The van der Waals surface area contributed by atoms with Gasteiger partial charge in [0.2, 0.25) is 0 Å². The van der Waals surface area contributed by atoms with E-state index in [4.69, 9.17) is 5.73 Å². The third-order valence-corrected chi connectivity index (χ3v) is 2.55. The molecule has 0 amide bonds. The molecule has 3 heteroatoms. The van der Waals surface area contributed by atoms with Gasteiger partial charge >= 0.3 is 0 Å². The second kappa shape index (κ2) is 5.14. The van der Waals surface area contributed by atoms with Gasteiger partial charge in [0.15, 0.2) is 0 Å². The highest BCUT2D eigenvalue weighted by molar-refractivity contribution is 5.35. The van der Waals surface area contributed by atoms with Crippen molar-refractivity contribution in [2.75, 3.05) is 0 Å². The fraction of sp³-hybridized carbons (Fsp3) is 0.500. The van der Waals surface area contributed by atoms with E-state index >= 15 is 0 Å². The first-order valence-electron chi connectivity index (χ1n) is 5.23. The number of aromatic hydroxyl groups is 1. The Morgan fingerprint density at radius 1 is 1.40 bits per heavy atom. The number of aliphatic hydroxyl groups excluding tert-OH is 1. The molecule has 0 heterocycles. The molecule has 84 valence electrons. The number of benzene rings is 1. The van der Waals surface area contributed by atoms with Gasteiger partial charge in [0.25, 0.3) is 0 Å². The number of rotatable bonds is 4. The van der Waals surface area contributed by atoms with Gasteiger partial charge in [0.05, 0.1) is 6.10 Å². The van der Waals surface area contributed by atoms with E-state index in [2.05, 4.69) is 0 Å². The van der Waals surface area contributed by atoms with Crippen molar-refractivity contribution in [3.8, 4) is 5.75 Å². The van der Waals surface area contributed by atoms with E-state index < -0.39 is 6.10 Å². The summed E-state index contributed by atoms with van der Waals surface area (Å²) in [6, 6.07) is 5.25. The molecule has 3 nitrogen and oxygen atoms in total. The fourth-order valence-corrected chi connectivity index (χ4v) is 1.48. The number of phenols is 1. The van der Waals surface area contributed by atoms with Crippen LogP contribution < -0.4 is 5.73 Å². The average molecular weight is 209 g/mol. The normalized spacial score (nSPS) is 14.9. The molecule has 15 heavy (non-hydrogen) atoms. The second-order valence-electron chi connectivity index (χ2n) is 4.10. The molecule has 1 aromatic carbocycles. The molecule has 0 aliphatic heterocycles. The van der Waals surface area contributed by atoms with Gasteiger partial charge in [-0.2, -0.15) is 0 Å². The predicted octanol–water partition coefficient (Wildman–Crippen LogP) is 1.34. The van der Waals surface area contributed by atoms with Crippen LogP contribution in [-0.2, 0) is 6.42 Å². The van der Waals surface area contributed by atoms with Crippen LogP contribution in [0.25, 0.3) is 0 Å². The summed E-state index contributed by atoms with van der Waals surface area (Å²) in [5.74, 6) is 0.289. The third kappa shape index (κ3) is 3.53. The fourth-order valence-electron chi connectivity index (χ4n) is 1.48. The minimum Gasteiger partial charge on any atom is -0.508 e. The zero-order valence-corrected chi connectivity index (χ0v) is 9.27. The molecule has 2 unspecified atom stereocenters. The van der Waals surface area contributed by atoms with E-state index in [0.29, 0.717) is 12.8 Å². The van der Waals surface area contributed by atoms with Gasteiger partial charge in [0.1, 0.15) is 5.75 Å². The van der Waals surface area contributed by atoms with Crippen molar-refractivity contribution in [3.05, 3.63) is 29.3 Å². The second-order valence-corrected chi connectivity index (χ2v) is 4.10. The molecule has 0 bridgehead atoms. The molecule has 0 aliphatic rings. The van der Waals surface area contributed by atoms with Gasteiger partial charge in [-0.15, -0.1) is 0 Å². The Morgan fingerprint density at radius 3 is 2.67 bits per heavy atom. The molecule has 0 fully saturated rings. The molecule has 0 saturated carbocycles. The van der Waals surface area contributed by atoms with Crippen LogP contribution in [0.3, 0.4) is 0 Å². The lowest BCUT2D eigenvalue weighted by Gasteiger charge is -2.14. The van der Waals surface area contributed by atoms with Crippen molar-refractivity contribution in [2.45, 2.75) is 38.8 Å². The van der Waals surface area contributed by atoms with Crippen LogP contribution in [0, 0.1) is 6.92 Å². The van der Waals surface area contributed by atoms with E-state index in [0.717, 1.165) is 11.1 Å². The Labute approximate surface area is 90.5 Å². The summed E-state index contributed by atoms with van der Waals surface area (Å²) in [5.41, 5.74) is 7.53. The maximum Gasteiger partial charge on any atom is 0.118 e. The highest BCUT2D eigenvalue weighted by atomic mass is 16.3. The van der Waals surface area contributed by atoms with E-state index in [1.807, 2.05) is 19.1 Å². The molecule has 0 saturated heterocycles. The first kappa shape index (κ1) is 12.0. The first-order chi connectivity index (χ1) is 7.00. The Bertz CT molecular complexity index is 323. The lowest BCUT2D eigenvalue weighted by atomic mass is 10.0. The van der Waals surface area contributed by atoms with Crippen molar-refractivity contribution >= 4 is 0 Å². The molecule has 0 aliphatic carbocycles. The van der Waals surface area contributed by atoms with Gasteiger partial charge < -0.3 is 15.9 Å². The van der Waals surface area contributed by atoms with Crippen molar-refractivity contribution in [3.63, 3.8) is 0 Å². The molecule has 4 N–H and O–H groups in total. The maximum absolute atomic E-state index is 9.57. The number of nitrogens with two attached hydrogens (primary N) is 1. The summed E-state index contributed by atoms with van der Waals surface area (Å²) in [4.78, 5) is 0. The van der Waals surface area contributed by atoms with E-state index in [1.165, 1.54) is 0 Å². The Kier molecular flexibility index (Phi) is 4.12. The number of aryl methyl sites for hydroxylation is 2. The highest BCUT2D eigenvalue weighted by Crippen LogP contribution is 2.20. The van der Waals surface area contributed by atoms with Crippen LogP contribution in [-0.4, -0.2) is 22.4 Å². The van der Waals surface area contributed by atoms with Crippen LogP contribution in [0.15, 0.2) is 18.2 Å². The van der Waals surface area contributed by atoms with Gasteiger partial charge in [-0.25, -0.2) is 0 Å². The van der Waals surface area contributed by atoms with E-state index in [9.17, 15) is 10.2 Å². The van der Waals surface area contributed by atoms with Crippen molar-refractivity contribution < 1.29 is 10.2 Å². The summed E-state index contributed by atoms with van der Waals surface area (Å²) in [7, 11) is 0. The van der Waals surface area contributed by atoms with Crippen molar-refractivity contribution in [2.24, 2.45) is 5.73 Å². The molecule has 2 atom stereocenters. The standard InChI is InChI=1S/C12H19NO2/c1-8-3-5-12(15)10(7-8)4-6-11(14)9(2)13/h3,5,7,9,11,14-15H,4,6,13H2,1-2H3. The van der Waals surface area contributed by atoms with E-state index in [1.54, 1.807) is 13.0 Å². The Hall–Kier alpha value is -1.06. The molecule has 0 aromatic heterocycles. The van der Waals surface area contributed by atoms with Crippen LogP contribution in [0.5, 0.6) is 5.75 Å². The van der Waals surface area contributed by atoms with Gasteiger partial charge in [0, 0.05) is 6.04 Å². The molecule has 0 radical (unpaired) electrons.